The van der Waals surface area contributed by atoms with Crippen molar-refractivity contribution in [3.63, 3.8) is 0 Å². The second kappa shape index (κ2) is 4.66. The van der Waals surface area contributed by atoms with Crippen LogP contribution >= 0.6 is 0 Å². The minimum Gasteiger partial charge on any atom is -0.374 e. The lowest BCUT2D eigenvalue weighted by atomic mass is 9.92. The number of hydrogen-bond acceptors (Lipinski definition) is 2. The monoisotopic (exact) mass is 225 g/mol. The van der Waals surface area contributed by atoms with Crippen LogP contribution in [0.3, 0.4) is 0 Å². The van der Waals surface area contributed by atoms with Crippen molar-refractivity contribution >= 4 is 0 Å². The summed E-state index contributed by atoms with van der Waals surface area (Å²) in [5.74, 6) is 0.632. The van der Waals surface area contributed by atoms with Crippen LogP contribution in [0.15, 0.2) is 0 Å². The number of hydrogen-bond donors (Lipinski definition) is 0. The Balaban J connectivity index is 1.89. The Morgan fingerprint density at radius 3 is 2.50 bits per heavy atom. The third-order valence-electron chi connectivity index (χ3n) is 4.43. The molecule has 1 saturated carbocycles. The average Bonchev–Trinajstić information content (AvgIpc) is 2.96. The molecule has 2 heteroatoms. The summed E-state index contributed by atoms with van der Waals surface area (Å²) >= 11 is 0. The molecule has 2 atom stereocenters. The number of nitrogens with zero attached hydrogens (tertiary/aromatic N) is 1. The first-order valence-corrected chi connectivity index (χ1v) is 6.92. The molecule has 2 fully saturated rings. The molecule has 94 valence electrons. The van der Waals surface area contributed by atoms with Crippen LogP contribution in [0.5, 0.6) is 0 Å². The van der Waals surface area contributed by atoms with Gasteiger partial charge in [0.25, 0.3) is 0 Å². The van der Waals surface area contributed by atoms with Gasteiger partial charge in [-0.05, 0) is 44.1 Å². The molecule has 1 unspecified atom stereocenters. The van der Waals surface area contributed by atoms with Crippen LogP contribution in [-0.2, 0) is 4.74 Å². The highest BCUT2D eigenvalue weighted by Crippen LogP contribution is 2.52. The topological polar surface area (TPSA) is 12.5 Å². The summed E-state index contributed by atoms with van der Waals surface area (Å²) in [6.07, 6.45) is 5.05. The van der Waals surface area contributed by atoms with Gasteiger partial charge >= 0.3 is 0 Å². The van der Waals surface area contributed by atoms with Crippen LogP contribution in [0.2, 0.25) is 0 Å². The maximum atomic E-state index is 6.22. The molecule has 2 rings (SSSR count). The second-order valence-corrected chi connectivity index (χ2v) is 6.24. The van der Waals surface area contributed by atoms with Gasteiger partial charge in [0.1, 0.15) is 0 Å². The Labute approximate surface area is 100 Å². The fourth-order valence-corrected chi connectivity index (χ4v) is 2.77. The minimum absolute atomic E-state index is 0.401. The predicted octanol–water partition coefficient (Wildman–Crippen LogP) is 2.92. The normalized spacial score (nSPS) is 30.9. The summed E-state index contributed by atoms with van der Waals surface area (Å²) in [5, 5.41) is 0. The van der Waals surface area contributed by atoms with Crippen molar-refractivity contribution < 1.29 is 4.74 Å². The lowest BCUT2D eigenvalue weighted by molar-refractivity contribution is -0.0732. The van der Waals surface area contributed by atoms with E-state index in [0.29, 0.717) is 23.5 Å². The van der Waals surface area contributed by atoms with Crippen LogP contribution in [0.4, 0.5) is 0 Å². The van der Waals surface area contributed by atoms with Crippen molar-refractivity contribution in [2.24, 2.45) is 11.3 Å². The van der Waals surface area contributed by atoms with E-state index in [9.17, 15) is 0 Å². The Morgan fingerprint density at radius 2 is 2.00 bits per heavy atom. The minimum atomic E-state index is 0.401. The van der Waals surface area contributed by atoms with Crippen LogP contribution in [0, 0.1) is 11.3 Å². The molecule has 0 aromatic heterocycles. The Morgan fingerprint density at radius 1 is 1.31 bits per heavy atom. The molecular weight excluding hydrogens is 198 g/mol. The van der Waals surface area contributed by atoms with E-state index in [4.69, 9.17) is 4.74 Å². The third kappa shape index (κ3) is 2.78. The molecule has 1 aliphatic heterocycles. The molecule has 0 radical (unpaired) electrons. The summed E-state index contributed by atoms with van der Waals surface area (Å²) < 4.78 is 6.22. The summed E-state index contributed by atoms with van der Waals surface area (Å²) in [5.41, 5.74) is 0.648. The van der Waals surface area contributed by atoms with Crippen molar-refractivity contribution in [3.8, 4) is 0 Å². The molecule has 0 bridgehead atoms. The van der Waals surface area contributed by atoms with Gasteiger partial charge in [0.15, 0.2) is 0 Å². The van der Waals surface area contributed by atoms with Crippen molar-refractivity contribution in [1.82, 2.24) is 4.90 Å². The Kier molecular flexibility index (Phi) is 3.60. The first-order chi connectivity index (χ1) is 7.54. The molecule has 2 aliphatic rings. The number of likely N-dealkylation sites (N-methyl/N-ethyl adjacent to an activating group) is 1. The smallest absolute Gasteiger partial charge is 0.0711 e. The standard InChI is InChI=1S/C14H27NO/c1-5-15-9-13(16-12(4)11(2)3)8-14(10-15)6-7-14/h11-13H,5-10H2,1-4H3/t12-,13?/m1/s1. The highest BCUT2D eigenvalue weighted by atomic mass is 16.5. The van der Waals surface area contributed by atoms with Crippen molar-refractivity contribution in [1.29, 1.82) is 0 Å². The van der Waals surface area contributed by atoms with E-state index in [1.54, 1.807) is 0 Å². The van der Waals surface area contributed by atoms with Crippen LogP contribution < -0.4 is 0 Å². The summed E-state index contributed by atoms with van der Waals surface area (Å²) in [6, 6.07) is 0. The lowest BCUT2D eigenvalue weighted by Gasteiger charge is -2.39. The van der Waals surface area contributed by atoms with Gasteiger partial charge in [0.05, 0.1) is 12.2 Å². The first kappa shape index (κ1) is 12.4. The van der Waals surface area contributed by atoms with Crippen LogP contribution in [0.1, 0.15) is 47.0 Å². The molecular formula is C14H27NO. The molecule has 2 nitrogen and oxygen atoms in total. The fraction of sp³-hybridized carbons (Fsp3) is 1.00. The number of likely N-dealkylation sites (tertiary alicyclic amines) is 1. The van der Waals surface area contributed by atoms with Gasteiger partial charge in [-0.25, -0.2) is 0 Å². The molecule has 1 spiro atoms. The number of piperidine rings is 1. The zero-order valence-corrected chi connectivity index (χ0v) is 11.3. The van der Waals surface area contributed by atoms with E-state index in [0.717, 1.165) is 6.54 Å². The summed E-state index contributed by atoms with van der Waals surface area (Å²) in [4.78, 5) is 2.58. The van der Waals surface area contributed by atoms with Crippen LogP contribution in [-0.4, -0.2) is 36.7 Å². The number of rotatable bonds is 4. The molecule has 1 saturated heterocycles. The van der Waals surface area contributed by atoms with E-state index in [1.807, 2.05) is 0 Å². The average molecular weight is 225 g/mol. The first-order valence-electron chi connectivity index (χ1n) is 6.92. The second-order valence-electron chi connectivity index (χ2n) is 6.24. The largest absolute Gasteiger partial charge is 0.374 e. The van der Waals surface area contributed by atoms with Crippen LogP contribution in [0.25, 0.3) is 0 Å². The Hall–Kier alpha value is -0.0800. The van der Waals surface area contributed by atoms with Crippen molar-refractivity contribution in [3.05, 3.63) is 0 Å². The zero-order valence-electron chi connectivity index (χ0n) is 11.3. The van der Waals surface area contributed by atoms with E-state index >= 15 is 0 Å². The van der Waals surface area contributed by atoms with Crippen molar-refractivity contribution in [2.45, 2.75) is 59.2 Å². The zero-order chi connectivity index (χ0) is 11.8. The van der Waals surface area contributed by atoms with Gasteiger partial charge in [-0.2, -0.15) is 0 Å². The summed E-state index contributed by atoms with van der Waals surface area (Å²) in [7, 11) is 0. The van der Waals surface area contributed by atoms with Gasteiger partial charge in [-0.15, -0.1) is 0 Å². The van der Waals surface area contributed by atoms with E-state index in [-0.39, 0.29) is 0 Å². The SMILES string of the molecule is CCN1CC(O[C@H](C)C(C)C)CC2(CC2)C1. The molecule has 0 N–H and O–H groups in total. The van der Waals surface area contributed by atoms with Crippen molar-refractivity contribution in [2.75, 3.05) is 19.6 Å². The fourth-order valence-electron chi connectivity index (χ4n) is 2.77. The van der Waals surface area contributed by atoms with Gasteiger partial charge in [-0.3, -0.25) is 0 Å². The summed E-state index contributed by atoms with van der Waals surface area (Å²) in [6.45, 7) is 12.6. The maximum absolute atomic E-state index is 6.22. The molecule has 1 aliphatic carbocycles. The van der Waals surface area contributed by atoms with E-state index < -0.39 is 0 Å². The molecule has 16 heavy (non-hydrogen) atoms. The highest BCUT2D eigenvalue weighted by Gasteiger charge is 2.48. The third-order valence-corrected chi connectivity index (χ3v) is 4.43. The van der Waals surface area contributed by atoms with Gasteiger partial charge in [0.2, 0.25) is 0 Å². The van der Waals surface area contributed by atoms with E-state index in [2.05, 4.69) is 32.6 Å². The lowest BCUT2D eigenvalue weighted by Crippen LogP contribution is -2.46. The molecule has 1 heterocycles. The molecule has 0 aromatic rings. The molecule has 0 amide bonds. The highest BCUT2D eigenvalue weighted by molar-refractivity contribution is 5.01. The molecule has 0 aromatic carbocycles. The van der Waals surface area contributed by atoms with Gasteiger partial charge in [-0.1, -0.05) is 20.8 Å². The maximum Gasteiger partial charge on any atom is 0.0711 e. The Bertz CT molecular complexity index is 235. The van der Waals surface area contributed by atoms with Gasteiger partial charge < -0.3 is 9.64 Å². The van der Waals surface area contributed by atoms with Gasteiger partial charge in [0, 0.05) is 13.1 Å². The quantitative estimate of drug-likeness (QED) is 0.729. The van der Waals surface area contributed by atoms with E-state index in [1.165, 1.54) is 32.4 Å². The predicted molar refractivity (Wildman–Crippen MR) is 67.6 cm³/mol. The number of ether oxygens (including phenoxy) is 1.